The third kappa shape index (κ3) is 1.49. The summed E-state index contributed by atoms with van der Waals surface area (Å²) in [6.45, 7) is 2.07. The number of terminal acetylenes is 1. The highest BCUT2D eigenvalue weighted by Crippen LogP contribution is 2.14. The van der Waals surface area contributed by atoms with Gasteiger partial charge in [-0.15, -0.1) is 6.42 Å². The van der Waals surface area contributed by atoms with Gasteiger partial charge in [-0.25, -0.2) is 0 Å². The average molecular weight is 160 g/mol. The summed E-state index contributed by atoms with van der Waals surface area (Å²) in [6.07, 6.45) is 6.25. The Kier molecular flexibility index (Phi) is 2.90. The van der Waals surface area contributed by atoms with Gasteiger partial charge in [-0.1, -0.05) is 31.0 Å². The van der Waals surface area contributed by atoms with Gasteiger partial charge in [-0.2, -0.15) is 0 Å². The fourth-order valence-corrected chi connectivity index (χ4v) is 1.27. The molecule has 0 bridgehead atoms. The first-order chi connectivity index (χ1) is 5.83. The van der Waals surface area contributed by atoms with Gasteiger partial charge in [0, 0.05) is 5.56 Å². The van der Waals surface area contributed by atoms with Crippen LogP contribution in [-0.4, -0.2) is 5.11 Å². The lowest BCUT2D eigenvalue weighted by molar-refractivity contribution is 0.281. The molecule has 1 aromatic rings. The second-order valence-corrected chi connectivity index (χ2v) is 2.61. The summed E-state index contributed by atoms with van der Waals surface area (Å²) in [5.74, 6) is 2.61. The molecule has 0 spiro atoms. The number of aliphatic hydroxyl groups excluding tert-OH is 1. The molecule has 0 aliphatic carbocycles. The number of rotatable bonds is 2. The van der Waals surface area contributed by atoms with Gasteiger partial charge in [0.2, 0.25) is 0 Å². The van der Waals surface area contributed by atoms with Gasteiger partial charge >= 0.3 is 0 Å². The summed E-state index contributed by atoms with van der Waals surface area (Å²) >= 11 is 0. The highest BCUT2D eigenvalue weighted by atomic mass is 16.3. The van der Waals surface area contributed by atoms with Crippen molar-refractivity contribution < 1.29 is 5.11 Å². The van der Waals surface area contributed by atoms with E-state index in [0.29, 0.717) is 0 Å². The smallest absolute Gasteiger partial charge is 0.0694 e. The van der Waals surface area contributed by atoms with E-state index in [1.165, 1.54) is 0 Å². The minimum absolute atomic E-state index is 0.0212. The molecule has 0 fully saturated rings. The van der Waals surface area contributed by atoms with E-state index in [9.17, 15) is 0 Å². The van der Waals surface area contributed by atoms with E-state index >= 15 is 0 Å². The largest absolute Gasteiger partial charge is 0.392 e. The fourth-order valence-electron chi connectivity index (χ4n) is 1.27. The Morgan fingerprint density at radius 3 is 2.58 bits per heavy atom. The van der Waals surface area contributed by atoms with Crippen LogP contribution in [0.1, 0.15) is 23.6 Å². The molecular formula is C11H12O. The first-order valence-corrected chi connectivity index (χ1v) is 4.01. The first-order valence-electron chi connectivity index (χ1n) is 4.01. The molecule has 62 valence electrons. The first kappa shape index (κ1) is 8.83. The lowest BCUT2D eigenvalue weighted by Crippen LogP contribution is -1.94. The van der Waals surface area contributed by atoms with Gasteiger partial charge in [0.05, 0.1) is 6.61 Å². The van der Waals surface area contributed by atoms with Crippen LogP contribution in [0.5, 0.6) is 0 Å². The van der Waals surface area contributed by atoms with Crippen molar-refractivity contribution in [2.75, 3.05) is 0 Å². The fraction of sp³-hybridized carbons (Fsp3) is 0.273. The molecule has 1 N–H and O–H groups in total. The Hall–Kier alpha value is -1.26. The van der Waals surface area contributed by atoms with Crippen LogP contribution < -0.4 is 0 Å². The molecule has 0 unspecified atom stereocenters. The monoisotopic (exact) mass is 160 g/mol. The van der Waals surface area contributed by atoms with Crippen LogP contribution in [-0.2, 0) is 13.0 Å². The van der Waals surface area contributed by atoms with Crippen molar-refractivity contribution >= 4 is 0 Å². The van der Waals surface area contributed by atoms with Crippen LogP contribution in [0, 0.1) is 12.3 Å². The molecule has 12 heavy (non-hydrogen) atoms. The van der Waals surface area contributed by atoms with Crippen molar-refractivity contribution in [3.05, 3.63) is 34.9 Å². The Balaban J connectivity index is 3.25. The number of aryl methyl sites for hydroxylation is 1. The van der Waals surface area contributed by atoms with Crippen molar-refractivity contribution in [3.8, 4) is 12.3 Å². The van der Waals surface area contributed by atoms with Crippen LogP contribution in [0.2, 0.25) is 0 Å². The van der Waals surface area contributed by atoms with Crippen LogP contribution in [0.3, 0.4) is 0 Å². The maximum absolute atomic E-state index is 8.97. The Bertz CT molecular complexity index is 285. The molecule has 0 saturated heterocycles. The number of benzene rings is 1. The van der Waals surface area contributed by atoms with E-state index in [1.54, 1.807) is 0 Å². The average Bonchev–Trinajstić information content (AvgIpc) is 2.16. The molecule has 0 aliphatic heterocycles. The van der Waals surface area contributed by atoms with Gasteiger partial charge < -0.3 is 5.11 Å². The van der Waals surface area contributed by atoms with Gasteiger partial charge in [0.15, 0.2) is 0 Å². The molecule has 0 aliphatic rings. The molecule has 0 heterocycles. The van der Waals surface area contributed by atoms with Gasteiger partial charge in [0.25, 0.3) is 0 Å². The van der Waals surface area contributed by atoms with E-state index in [4.69, 9.17) is 11.5 Å². The Morgan fingerprint density at radius 1 is 1.42 bits per heavy atom. The molecule has 1 nitrogen and oxygen atoms in total. The molecule has 1 rings (SSSR count). The molecule has 0 amide bonds. The predicted molar refractivity (Wildman–Crippen MR) is 49.7 cm³/mol. The van der Waals surface area contributed by atoms with E-state index in [2.05, 4.69) is 12.8 Å². The maximum Gasteiger partial charge on any atom is 0.0694 e. The van der Waals surface area contributed by atoms with Crippen molar-refractivity contribution in [2.45, 2.75) is 20.0 Å². The maximum atomic E-state index is 8.97. The zero-order valence-electron chi connectivity index (χ0n) is 7.17. The summed E-state index contributed by atoms with van der Waals surface area (Å²) < 4.78 is 0. The van der Waals surface area contributed by atoms with Crippen molar-refractivity contribution in [1.29, 1.82) is 0 Å². The summed E-state index contributed by atoms with van der Waals surface area (Å²) in [5.41, 5.74) is 2.82. The van der Waals surface area contributed by atoms with Crippen molar-refractivity contribution in [1.82, 2.24) is 0 Å². The number of aliphatic hydroxyl groups is 1. The highest BCUT2D eigenvalue weighted by Gasteiger charge is 2.02. The summed E-state index contributed by atoms with van der Waals surface area (Å²) in [4.78, 5) is 0. The minimum Gasteiger partial charge on any atom is -0.392 e. The van der Waals surface area contributed by atoms with E-state index in [1.807, 2.05) is 18.2 Å². The van der Waals surface area contributed by atoms with Gasteiger partial charge in [-0.05, 0) is 17.5 Å². The van der Waals surface area contributed by atoms with Crippen LogP contribution in [0.25, 0.3) is 0 Å². The van der Waals surface area contributed by atoms with E-state index < -0.39 is 0 Å². The Labute approximate surface area is 73.0 Å². The zero-order chi connectivity index (χ0) is 8.97. The van der Waals surface area contributed by atoms with E-state index in [-0.39, 0.29) is 6.61 Å². The van der Waals surface area contributed by atoms with Crippen molar-refractivity contribution in [3.63, 3.8) is 0 Å². The van der Waals surface area contributed by atoms with Crippen LogP contribution >= 0.6 is 0 Å². The molecule has 0 atom stereocenters. The molecule has 0 radical (unpaired) electrons. The summed E-state index contributed by atoms with van der Waals surface area (Å²) in [5, 5.41) is 8.97. The van der Waals surface area contributed by atoms with E-state index in [0.717, 1.165) is 23.1 Å². The topological polar surface area (TPSA) is 20.2 Å². The van der Waals surface area contributed by atoms with Gasteiger partial charge in [-0.3, -0.25) is 0 Å². The second kappa shape index (κ2) is 3.94. The number of hydrogen-bond donors (Lipinski definition) is 1. The third-order valence-corrected chi connectivity index (χ3v) is 1.93. The molecule has 0 aromatic heterocycles. The van der Waals surface area contributed by atoms with Crippen LogP contribution in [0.15, 0.2) is 18.2 Å². The molecule has 0 saturated carbocycles. The highest BCUT2D eigenvalue weighted by molar-refractivity contribution is 5.45. The standard InChI is InChI=1S/C11H12O/c1-3-9-6-5-7-10(8-12)11(9)4-2/h2,5-7,12H,3,8H2,1H3. The second-order valence-electron chi connectivity index (χ2n) is 2.61. The predicted octanol–water partition coefficient (Wildman–Crippen LogP) is 1.72. The minimum atomic E-state index is 0.0212. The van der Waals surface area contributed by atoms with Crippen LogP contribution in [0.4, 0.5) is 0 Å². The SMILES string of the molecule is C#Cc1c(CC)cccc1CO. The number of hydrogen-bond acceptors (Lipinski definition) is 1. The molecule has 1 heteroatoms. The zero-order valence-corrected chi connectivity index (χ0v) is 7.17. The third-order valence-electron chi connectivity index (χ3n) is 1.93. The normalized spacial score (nSPS) is 9.42. The molecular weight excluding hydrogens is 148 g/mol. The van der Waals surface area contributed by atoms with Gasteiger partial charge in [0.1, 0.15) is 0 Å². The lowest BCUT2D eigenvalue weighted by atomic mass is 10.0. The Morgan fingerprint density at radius 2 is 2.08 bits per heavy atom. The summed E-state index contributed by atoms with van der Waals surface area (Å²) in [7, 11) is 0. The lowest BCUT2D eigenvalue weighted by Gasteiger charge is -2.05. The molecule has 1 aromatic carbocycles. The quantitative estimate of drug-likeness (QED) is 0.653. The van der Waals surface area contributed by atoms with Crippen molar-refractivity contribution in [2.24, 2.45) is 0 Å². The summed E-state index contributed by atoms with van der Waals surface area (Å²) in [6, 6.07) is 5.77.